The predicted molar refractivity (Wildman–Crippen MR) is 63.6 cm³/mol. The van der Waals surface area contributed by atoms with Gasteiger partial charge in [0.05, 0.1) is 19.3 Å². The van der Waals surface area contributed by atoms with Crippen molar-refractivity contribution in [3.05, 3.63) is 0 Å². The van der Waals surface area contributed by atoms with Gasteiger partial charge in [0.2, 0.25) is 0 Å². The van der Waals surface area contributed by atoms with Crippen LogP contribution in [0.1, 0.15) is 13.3 Å². The molecule has 0 amide bonds. The van der Waals surface area contributed by atoms with Crippen molar-refractivity contribution in [1.29, 1.82) is 0 Å². The van der Waals surface area contributed by atoms with Crippen molar-refractivity contribution in [3.63, 3.8) is 0 Å². The van der Waals surface area contributed by atoms with Crippen LogP contribution in [0.25, 0.3) is 0 Å². The van der Waals surface area contributed by atoms with E-state index in [1.165, 1.54) is 13.0 Å². The number of likely N-dealkylation sites (tertiary alicyclic amines) is 1. The fourth-order valence-corrected chi connectivity index (χ4v) is 2.75. The minimum atomic E-state index is 0.444. The quantitative estimate of drug-likeness (QED) is 0.735. The van der Waals surface area contributed by atoms with Gasteiger partial charge in [-0.25, -0.2) is 0 Å². The standard InChI is InChI=1S/C12H24N2O2/c1-3-13-12-9-16-8-10(12)6-14-5-4-11(7-14)15-2/h10-13H,3-9H2,1-2H3. The lowest BCUT2D eigenvalue weighted by atomic mass is 10.0. The number of ether oxygens (including phenoxy) is 2. The Kier molecular flexibility index (Phi) is 4.58. The highest BCUT2D eigenvalue weighted by Gasteiger charge is 2.31. The number of rotatable bonds is 5. The van der Waals surface area contributed by atoms with Gasteiger partial charge < -0.3 is 19.7 Å². The summed E-state index contributed by atoms with van der Waals surface area (Å²) in [5.74, 6) is 0.649. The van der Waals surface area contributed by atoms with Crippen LogP contribution in [0.5, 0.6) is 0 Å². The topological polar surface area (TPSA) is 33.7 Å². The molecule has 2 aliphatic heterocycles. The molecule has 4 heteroatoms. The molecule has 2 saturated heterocycles. The summed E-state index contributed by atoms with van der Waals surface area (Å²) < 4.78 is 11.0. The Morgan fingerprint density at radius 2 is 2.31 bits per heavy atom. The van der Waals surface area contributed by atoms with E-state index in [9.17, 15) is 0 Å². The molecule has 0 aliphatic carbocycles. The molecule has 1 N–H and O–H groups in total. The first-order valence-corrected chi connectivity index (χ1v) is 6.39. The van der Waals surface area contributed by atoms with Crippen molar-refractivity contribution >= 4 is 0 Å². The third kappa shape index (κ3) is 2.94. The lowest BCUT2D eigenvalue weighted by Gasteiger charge is -2.24. The molecule has 3 atom stereocenters. The summed E-state index contributed by atoms with van der Waals surface area (Å²) in [7, 11) is 1.81. The van der Waals surface area contributed by atoms with Gasteiger partial charge in [0.1, 0.15) is 0 Å². The van der Waals surface area contributed by atoms with E-state index in [1.54, 1.807) is 0 Å². The summed E-state index contributed by atoms with van der Waals surface area (Å²) in [5.41, 5.74) is 0. The van der Waals surface area contributed by atoms with E-state index in [4.69, 9.17) is 9.47 Å². The maximum absolute atomic E-state index is 5.57. The van der Waals surface area contributed by atoms with Crippen LogP contribution in [0.4, 0.5) is 0 Å². The van der Waals surface area contributed by atoms with E-state index in [2.05, 4.69) is 17.1 Å². The molecular weight excluding hydrogens is 204 g/mol. The first-order chi connectivity index (χ1) is 7.83. The van der Waals surface area contributed by atoms with E-state index >= 15 is 0 Å². The van der Waals surface area contributed by atoms with Crippen LogP contribution in [-0.4, -0.2) is 63.5 Å². The minimum absolute atomic E-state index is 0.444. The third-order valence-corrected chi connectivity index (χ3v) is 3.72. The van der Waals surface area contributed by atoms with Crippen molar-refractivity contribution in [2.75, 3.05) is 46.5 Å². The van der Waals surface area contributed by atoms with Crippen LogP contribution in [0.3, 0.4) is 0 Å². The number of hydrogen-bond donors (Lipinski definition) is 1. The normalized spacial score (nSPS) is 36.0. The van der Waals surface area contributed by atoms with Crippen molar-refractivity contribution < 1.29 is 9.47 Å². The molecule has 2 aliphatic rings. The van der Waals surface area contributed by atoms with Crippen LogP contribution in [0.15, 0.2) is 0 Å². The Bertz CT molecular complexity index is 213. The summed E-state index contributed by atoms with van der Waals surface area (Å²) in [6, 6.07) is 0.548. The highest BCUT2D eigenvalue weighted by atomic mass is 16.5. The van der Waals surface area contributed by atoms with Gasteiger partial charge in [-0.05, 0) is 13.0 Å². The van der Waals surface area contributed by atoms with Crippen molar-refractivity contribution in [3.8, 4) is 0 Å². The van der Waals surface area contributed by atoms with Crippen LogP contribution in [0, 0.1) is 5.92 Å². The second-order valence-electron chi connectivity index (χ2n) is 4.87. The third-order valence-electron chi connectivity index (χ3n) is 3.72. The molecule has 0 bridgehead atoms. The monoisotopic (exact) mass is 228 g/mol. The number of hydrogen-bond acceptors (Lipinski definition) is 4. The van der Waals surface area contributed by atoms with Gasteiger partial charge in [-0.15, -0.1) is 0 Å². The summed E-state index contributed by atoms with van der Waals surface area (Å²) in [5, 5.41) is 3.51. The van der Waals surface area contributed by atoms with Gasteiger partial charge in [0, 0.05) is 38.7 Å². The molecule has 2 fully saturated rings. The van der Waals surface area contributed by atoms with Crippen LogP contribution >= 0.6 is 0 Å². The van der Waals surface area contributed by atoms with Gasteiger partial charge in [-0.1, -0.05) is 6.92 Å². The molecule has 0 saturated carbocycles. The summed E-state index contributed by atoms with van der Waals surface area (Å²) >= 11 is 0. The van der Waals surface area contributed by atoms with Crippen molar-refractivity contribution in [2.45, 2.75) is 25.5 Å². The van der Waals surface area contributed by atoms with Gasteiger partial charge in [-0.2, -0.15) is 0 Å². The lowest BCUT2D eigenvalue weighted by molar-refractivity contribution is 0.104. The van der Waals surface area contributed by atoms with Crippen LogP contribution < -0.4 is 5.32 Å². The summed E-state index contributed by atoms with van der Waals surface area (Å²) in [6.45, 7) is 8.39. The Balaban J connectivity index is 1.76. The second kappa shape index (κ2) is 5.96. The average Bonchev–Trinajstić information content (AvgIpc) is 2.90. The van der Waals surface area contributed by atoms with Crippen molar-refractivity contribution in [1.82, 2.24) is 10.2 Å². The molecule has 0 aromatic rings. The zero-order chi connectivity index (χ0) is 11.4. The highest BCUT2D eigenvalue weighted by molar-refractivity contribution is 4.86. The first-order valence-electron chi connectivity index (χ1n) is 6.39. The molecule has 2 rings (SSSR count). The molecule has 3 unspecified atom stereocenters. The van der Waals surface area contributed by atoms with E-state index in [0.29, 0.717) is 18.1 Å². The molecule has 94 valence electrons. The zero-order valence-electron chi connectivity index (χ0n) is 10.4. The van der Waals surface area contributed by atoms with Crippen LogP contribution in [-0.2, 0) is 9.47 Å². The van der Waals surface area contributed by atoms with Crippen molar-refractivity contribution in [2.24, 2.45) is 5.92 Å². The molecule has 0 aromatic heterocycles. The Labute approximate surface area is 98.3 Å². The van der Waals surface area contributed by atoms with E-state index in [0.717, 1.165) is 32.8 Å². The number of nitrogens with one attached hydrogen (secondary N) is 1. The highest BCUT2D eigenvalue weighted by Crippen LogP contribution is 2.19. The van der Waals surface area contributed by atoms with Gasteiger partial charge >= 0.3 is 0 Å². The Morgan fingerprint density at radius 3 is 3.00 bits per heavy atom. The van der Waals surface area contributed by atoms with E-state index < -0.39 is 0 Å². The second-order valence-corrected chi connectivity index (χ2v) is 4.87. The molecule has 0 aromatic carbocycles. The van der Waals surface area contributed by atoms with Gasteiger partial charge in [0.15, 0.2) is 0 Å². The fraction of sp³-hybridized carbons (Fsp3) is 1.00. The smallest absolute Gasteiger partial charge is 0.0710 e. The maximum atomic E-state index is 5.57. The molecule has 4 nitrogen and oxygen atoms in total. The number of likely N-dealkylation sites (N-methyl/N-ethyl adjacent to an activating group) is 1. The zero-order valence-corrected chi connectivity index (χ0v) is 10.4. The number of methoxy groups -OCH3 is 1. The molecule has 16 heavy (non-hydrogen) atoms. The Hall–Kier alpha value is -0.160. The minimum Gasteiger partial charge on any atom is -0.380 e. The van der Waals surface area contributed by atoms with E-state index in [1.807, 2.05) is 7.11 Å². The maximum Gasteiger partial charge on any atom is 0.0710 e. The summed E-state index contributed by atoms with van der Waals surface area (Å²) in [4.78, 5) is 2.51. The van der Waals surface area contributed by atoms with Gasteiger partial charge in [0.25, 0.3) is 0 Å². The molecule has 0 radical (unpaired) electrons. The predicted octanol–water partition coefficient (Wildman–Crippen LogP) is 0.332. The number of nitrogens with zero attached hydrogens (tertiary/aromatic N) is 1. The largest absolute Gasteiger partial charge is 0.380 e. The fourth-order valence-electron chi connectivity index (χ4n) is 2.75. The van der Waals surface area contributed by atoms with Gasteiger partial charge in [-0.3, -0.25) is 0 Å². The average molecular weight is 228 g/mol. The van der Waals surface area contributed by atoms with E-state index in [-0.39, 0.29) is 0 Å². The molecule has 0 spiro atoms. The Morgan fingerprint density at radius 1 is 1.44 bits per heavy atom. The summed E-state index contributed by atoms with van der Waals surface area (Å²) in [6.07, 6.45) is 1.62. The van der Waals surface area contributed by atoms with Crippen LogP contribution in [0.2, 0.25) is 0 Å². The first kappa shape index (κ1) is 12.3. The lowest BCUT2D eigenvalue weighted by Crippen LogP contribution is -2.41. The SMILES string of the molecule is CCNC1COCC1CN1CCC(OC)C1. The molecule has 2 heterocycles. The molecular formula is C12H24N2O2.